The molecule has 3 nitrogen and oxygen atoms in total. The van der Waals surface area contributed by atoms with Gasteiger partial charge in [0.15, 0.2) is 0 Å². The van der Waals surface area contributed by atoms with E-state index in [2.05, 4.69) is 87.8 Å². The number of hydrogen-bond donors (Lipinski definition) is 0. The van der Waals surface area contributed by atoms with Crippen LogP contribution in [0.3, 0.4) is 0 Å². The molecule has 0 atom stereocenters. The van der Waals surface area contributed by atoms with Crippen molar-refractivity contribution in [3.63, 3.8) is 0 Å². The van der Waals surface area contributed by atoms with Gasteiger partial charge in [-0.1, -0.05) is 18.2 Å². The highest BCUT2D eigenvalue weighted by atomic mass is 127. The van der Waals surface area contributed by atoms with Gasteiger partial charge in [0, 0.05) is 33.4 Å². The largest absolute Gasteiger partial charge is 0.456 e. The van der Waals surface area contributed by atoms with E-state index in [-0.39, 0.29) is 0 Å². The predicted octanol–water partition coefficient (Wildman–Crippen LogP) is 6.91. The van der Waals surface area contributed by atoms with Gasteiger partial charge >= 0.3 is 0 Å². The third-order valence-corrected chi connectivity index (χ3v) is 6.47. The van der Waals surface area contributed by atoms with Gasteiger partial charge in [0.05, 0.1) is 16.3 Å². The molecular formula is C25H13INO2+. The van der Waals surface area contributed by atoms with E-state index in [1.54, 1.807) is 0 Å². The maximum absolute atomic E-state index is 6.32. The molecule has 136 valence electrons. The van der Waals surface area contributed by atoms with Gasteiger partial charge in [-0.3, -0.25) is 0 Å². The lowest BCUT2D eigenvalue weighted by Gasteiger charge is -2.18. The summed E-state index contributed by atoms with van der Waals surface area (Å²) in [6.07, 6.45) is 0. The van der Waals surface area contributed by atoms with Gasteiger partial charge in [-0.15, -0.1) is 0 Å². The number of hydrogen-bond acceptors (Lipinski definition) is 2. The van der Waals surface area contributed by atoms with Gasteiger partial charge in [0.2, 0.25) is 16.7 Å². The van der Waals surface area contributed by atoms with Crippen molar-refractivity contribution in [3.05, 3.63) is 82.4 Å². The molecule has 0 bridgehead atoms. The second-order valence-corrected chi connectivity index (χ2v) is 8.57. The van der Waals surface area contributed by atoms with Gasteiger partial charge in [0.25, 0.3) is 0 Å². The fourth-order valence-electron chi connectivity index (χ4n) is 4.62. The topological polar surface area (TPSA) is 30.2 Å². The molecule has 0 spiro atoms. The molecule has 0 fully saturated rings. The van der Waals surface area contributed by atoms with Crippen molar-refractivity contribution < 1.29 is 13.4 Å². The summed E-state index contributed by atoms with van der Waals surface area (Å²) in [7, 11) is 0. The van der Waals surface area contributed by atoms with Crippen LogP contribution in [0.5, 0.6) is 0 Å². The molecule has 0 unspecified atom stereocenters. The van der Waals surface area contributed by atoms with Crippen molar-refractivity contribution in [1.82, 2.24) is 0 Å². The first-order chi connectivity index (χ1) is 14.3. The second kappa shape index (κ2) is 5.48. The molecule has 0 amide bonds. The van der Waals surface area contributed by atoms with Crippen LogP contribution < -0.4 is 4.57 Å². The Bertz CT molecular complexity index is 1560. The summed E-state index contributed by atoms with van der Waals surface area (Å²) in [5, 5.41) is 2.27. The van der Waals surface area contributed by atoms with Crippen LogP contribution in [0.1, 0.15) is 0 Å². The monoisotopic (exact) mass is 486 g/mol. The standard InChI is InChI=1S/C25H13INO2/c26-14-10-12-15(13-11-14)27-16-4-1-6-18-22(16)25-23-17(27)5-2-7-19(23)29-21-9-3-8-20(28-18)24(21)25/h1-13H/q+1. The minimum absolute atomic E-state index is 0.852. The maximum atomic E-state index is 6.32. The third-order valence-electron chi connectivity index (χ3n) is 5.75. The Kier molecular flexibility index (Phi) is 2.98. The molecule has 3 heterocycles. The highest BCUT2D eigenvalue weighted by Gasteiger charge is 2.31. The Labute approximate surface area is 179 Å². The van der Waals surface area contributed by atoms with Gasteiger partial charge in [-0.25, -0.2) is 0 Å². The van der Waals surface area contributed by atoms with Gasteiger partial charge in [-0.05, 0) is 59.0 Å². The van der Waals surface area contributed by atoms with E-state index < -0.39 is 0 Å². The lowest BCUT2D eigenvalue weighted by atomic mass is 9.92. The normalized spacial score (nSPS) is 12.3. The molecule has 1 aromatic heterocycles. The van der Waals surface area contributed by atoms with Crippen LogP contribution in [0.25, 0.3) is 61.0 Å². The summed E-state index contributed by atoms with van der Waals surface area (Å²) in [4.78, 5) is 0. The molecule has 4 aromatic carbocycles. The van der Waals surface area contributed by atoms with Crippen LogP contribution in [0.2, 0.25) is 0 Å². The average molecular weight is 486 g/mol. The molecule has 0 saturated heterocycles. The first-order valence-corrected chi connectivity index (χ1v) is 10.6. The van der Waals surface area contributed by atoms with Crippen molar-refractivity contribution in [3.8, 4) is 16.8 Å². The van der Waals surface area contributed by atoms with Gasteiger partial charge in [-0.2, -0.15) is 4.57 Å². The Hall–Kier alpha value is -3.12. The van der Waals surface area contributed by atoms with E-state index in [1.807, 2.05) is 18.2 Å². The van der Waals surface area contributed by atoms with E-state index in [0.29, 0.717) is 0 Å². The summed E-state index contributed by atoms with van der Waals surface area (Å²) in [6, 6.07) is 27.2. The Morgan fingerprint density at radius 1 is 0.552 bits per heavy atom. The number of aromatic nitrogens is 1. The molecule has 4 heteroatoms. The molecule has 2 aliphatic heterocycles. The number of rotatable bonds is 1. The Morgan fingerprint density at radius 3 is 1.66 bits per heavy atom. The Morgan fingerprint density at radius 2 is 1.07 bits per heavy atom. The number of nitrogens with zero attached hydrogens (tertiary/aromatic N) is 1. The second-order valence-electron chi connectivity index (χ2n) is 7.32. The van der Waals surface area contributed by atoms with E-state index >= 15 is 0 Å². The molecule has 5 aromatic rings. The molecule has 7 rings (SSSR count). The lowest BCUT2D eigenvalue weighted by molar-refractivity contribution is -0.537. The van der Waals surface area contributed by atoms with Crippen LogP contribution >= 0.6 is 22.6 Å². The zero-order valence-corrected chi connectivity index (χ0v) is 17.3. The maximum Gasteiger partial charge on any atom is 0.223 e. The number of pyridine rings is 1. The van der Waals surface area contributed by atoms with Crippen molar-refractivity contribution >= 4 is 66.7 Å². The van der Waals surface area contributed by atoms with Crippen molar-refractivity contribution in [1.29, 1.82) is 0 Å². The number of halogens is 1. The molecule has 0 aliphatic carbocycles. The molecule has 29 heavy (non-hydrogen) atoms. The zero-order chi connectivity index (χ0) is 19.1. The van der Waals surface area contributed by atoms with Crippen LogP contribution in [-0.4, -0.2) is 0 Å². The highest BCUT2D eigenvalue weighted by Crippen LogP contribution is 2.47. The molecule has 2 aliphatic rings. The summed E-state index contributed by atoms with van der Waals surface area (Å²) in [5.74, 6) is 0. The SMILES string of the molecule is Ic1ccc(-[n+]2c3cccc4oc5cccc6oc7cccc2c7c(c43)-c56)cc1. The van der Waals surface area contributed by atoms with Crippen molar-refractivity contribution in [2.45, 2.75) is 0 Å². The van der Waals surface area contributed by atoms with Crippen LogP contribution in [-0.2, 0) is 0 Å². The van der Waals surface area contributed by atoms with Crippen LogP contribution in [0.15, 0.2) is 87.7 Å². The fraction of sp³-hybridized carbons (Fsp3) is 0. The van der Waals surface area contributed by atoms with Crippen LogP contribution in [0, 0.1) is 3.57 Å². The minimum Gasteiger partial charge on any atom is -0.456 e. The molecule has 0 N–H and O–H groups in total. The Balaban J connectivity index is 1.85. The summed E-state index contributed by atoms with van der Waals surface area (Å²) >= 11 is 2.34. The summed E-state index contributed by atoms with van der Waals surface area (Å²) < 4.78 is 16.2. The first-order valence-electron chi connectivity index (χ1n) is 9.48. The summed E-state index contributed by atoms with van der Waals surface area (Å²) in [5.41, 5.74) is 9.13. The predicted molar refractivity (Wildman–Crippen MR) is 123 cm³/mol. The van der Waals surface area contributed by atoms with Crippen molar-refractivity contribution in [2.75, 3.05) is 0 Å². The first kappa shape index (κ1) is 15.8. The lowest BCUT2D eigenvalue weighted by Crippen LogP contribution is -2.33. The van der Waals surface area contributed by atoms with Crippen molar-refractivity contribution in [2.24, 2.45) is 0 Å². The van der Waals surface area contributed by atoms with E-state index in [4.69, 9.17) is 8.83 Å². The minimum atomic E-state index is 0.852. The van der Waals surface area contributed by atoms with Gasteiger partial charge in [0.1, 0.15) is 22.3 Å². The highest BCUT2D eigenvalue weighted by molar-refractivity contribution is 14.1. The number of benzene rings is 4. The van der Waals surface area contributed by atoms with E-state index in [1.165, 1.54) is 9.13 Å². The summed E-state index contributed by atoms with van der Waals surface area (Å²) in [6.45, 7) is 0. The quantitative estimate of drug-likeness (QED) is 0.109. The van der Waals surface area contributed by atoms with E-state index in [0.717, 1.165) is 55.4 Å². The van der Waals surface area contributed by atoms with Gasteiger partial charge < -0.3 is 8.83 Å². The molecule has 0 saturated carbocycles. The third kappa shape index (κ3) is 1.99. The van der Waals surface area contributed by atoms with Crippen LogP contribution in [0.4, 0.5) is 0 Å². The molecule has 0 radical (unpaired) electrons. The smallest absolute Gasteiger partial charge is 0.223 e. The molecular weight excluding hydrogens is 473 g/mol. The van der Waals surface area contributed by atoms with E-state index in [9.17, 15) is 0 Å². The average Bonchev–Trinajstić information content (AvgIpc) is 2.75. The fourth-order valence-corrected chi connectivity index (χ4v) is 4.98. The zero-order valence-electron chi connectivity index (χ0n) is 15.1.